The van der Waals surface area contributed by atoms with Gasteiger partial charge in [0, 0.05) is 6.08 Å². The third-order valence-corrected chi connectivity index (χ3v) is 2.66. The van der Waals surface area contributed by atoms with E-state index in [-0.39, 0.29) is 0 Å². The van der Waals surface area contributed by atoms with E-state index in [1.54, 1.807) is 6.08 Å². The lowest BCUT2D eigenvalue weighted by molar-refractivity contribution is -0.131. The Morgan fingerprint density at radius 2 is 2.21 bits per heavy atom. The predicted molar refractivity (Wildman–Crippen MR) is 71.7 cm³/mol. The fourth-order valence-electron chi connectivity index (χ4n) is 1.85. The second kappa shape index (κ2) is 5.48. The fraction of sp³-hybridized carbons (Fsp3) is 0.214. The van der Waals surface area contributed by atoms with Crippen LogP contribution in [0.5, 0.6) is 0 Å². The summed E-state index contributed by atoms with van der Waals surface area (Å²) in [5, 5.41) is 12.9. The molecule has 0 spiro atoms. The monoisotopic (exact) mass is 257 g/mol. The number of nitrogens with zero attached hydrogens (tertiary/aromatic N) is 3. The van der Waals surface area contributed by atoms with Gasteiger partial charge in [-0.25, -0.2) is 14.5 Å². The van der Waals surface area contributed by atoms with Crippen LogP contribution in [0.25, 0.3) is 6.08 Å². The lowest BCUT2D eigenvalue weighted by atomic mass is 10.1. The number of carboxylic acid groups (broad SMARTS) is 1. The summed E-state index contributed by atoms with van der Waals surface area (Å²) in [6.07, 6.45) is 2.70. The van der Waals surface area contributed by atoms with Gasteiger partial charge in [0.1, 0.15) is 11.6 Å². The van der Waals surface area contributed by atoms with E-state index >= 15 is 0 Å². The van der Waals surface area contributed by atoms with Gasteiger partial charge in [0.25, 0.3) is 0 Å². The zero-order valence-corrected chi connectivity index (χ0v) is 10.9. The Morgan fingerprint density at radius 1 is 1.42 bits per heavy atom. The highest BCUT2D eigenvalue weighted by Crippen LogP contribution is 2.09. The smallest absolute Gasteiger partial charge is 0.328 e. The largest absolute Gasteiger partial charge is 0.478 e. The first-order valence-corrected chi connectivity index (χ1v) is 5.92. The van der Waals surface area contributed by atoms with E-state index < -0.39 is 5.97 Å². The molecule has 5 nitrogen and oxygen atoms in total. The minimum atomic E-state index is -0.951. The molecule has 98 valence electrons. The van der Waals surface area contributed by atoms with Crippen LogP contribution in [0.2, 0.25) is 0 Å². The normalized spacial score (nSPS) is 11.1. The molecule has 1 aromatic carbocycles. The Kier molecular flexibility index (Phi) is 3.75. The molecule has 0 radical (unpaired) electrons. The molecule has 1 heterocycles. The van der Waals surface area contributed by atoms with E-state index in [4.69, 9.17) is 5.11 Å². The van der Waals surface area contributed by atoms with Gasteiger partial charge in [0.2, 0.25) is 0 Å². The van der Waals surface area contributed by atoms with Crippen molar-refractivity contribution in [1.29, 1.82) is 0 Å². The van der Waals surface area contributed by atoms with Crippen molar-refractivity contribution < 1.29 is 9.90 Å². The summed E-state index contributed by atoms with van der Waals surface area (Å²) in [5.41, 5.74) is 1.91. The van der Waals surface area contributed by atoms with Crippen molar-refractivity contribution in [3.8, 4) is 0 Å². The van der Waals surface area contributed by atoms with Crippen LogP contribution in [0.1, 0.15) is 22.8 Å². The quantitative estimate of drug-likeness (QED) is 0.851. The number of rotatable bonds is 4. The molecule has 0 aliphatic heterocycles. The Balaban J connectivity index is 2.19. The van der Waals surface area contributed by atoms with Crippen LogP contribution in [0.4, 0.5) is 0 Å². The third-order valence-electron chi connectivity index (χ3n) is 2.66. The predicted octanol–water partition coefficient (Wildman–Crippen LogP) is 2.04. The summed E-state index contributed by atoms with van der Waals surface area (Å²) in [6.45, 7) is 4.39. The van der Waals surface area contributed by atoms with E-state index in [1.807, 2.05) is 42.8 Å². The van der Waals surface area contributed by atoms with Crippen LogP contribution in [-0.4, -0.2) is 25.8 Å². The fourth-order valence-corrected chi connectivity index (χ4v) is 1.85. The number of benzene rings is 1. The average molecular weight is 257 g/mol. The number of hydrogen-bond acceptors (Lipinski definition) is 3. The first kappa shape index (κ1) is 13.0. The van der Waals surface area contributed by atoms with Crippen LogP contribution in [0, 0.1) is 13.8 Å². The van der Waals surface area contributed by atoms with Gasteiger partial charge in [0.15, 0.2) is 0 Å². The zero-order chi connectivity index (χ0) is 13.8. The second-order valence-electron chi connectivity index (χ2n) is 4.28. The highest BCUT2D eigenvalue weighted by molar-refractivity contribution is 5.85. The molecule has 0 saturated heterocycles. The van der Waals surface area contributed by atoms with E-state index in [2.05, 4.69) is 10.1 Å². The zero-order valence-electron chi connectivity index (χ0n) is 10.9. The van der Waals surface area contributed by atoms with Gasteiger partial charge in [-0.1, -0.05) is 18.2 Å². The molecular formula is C14H15N3O2. The summed E-state index contributed by atoms with van der Waals surface area (Å²) >= 11 is 0. The molecule has 0 atom stereocenters. The highest BCUT2D eigenvalue weighted by Gasteiger charge is 2.03. The van der Waals surface area contributed by atoms with Crippen molar-refractivity contribution in [2.75, 3.05) is 0 Å². The van der Waals surface area contributed by atoms with Gasteiger partial charge in [-0.05, 0) is 37.1 Å². The van der Waals surface area contributed by atoms with E-state index in [0.29, 0.717) is 6.54 Å². The first-order valence-electron chi connectivity index (χ1n) is 5.92. The Morgan fingerprint density at radius 3 is 2.84 bits per heavy atom. The van der Waals surface area contributed by atoms with Gasteiger partial charge in [-0.15, -0.1) is 0 Å². The average Bonchev–Trinajstić information content (AvgIpc) is 2.66. The van der Waals surface area contributed by atoms with Crippen molar-refractivity contribution in [1.82, 2.24) is 14.8 Å². The number of aryl methyl sites for hydroxylation is 2. The Labute approximate surface area is 111 Å². The van der Waals surface area contributed by atoms with Crippen molar-refractivity contribution in [2.45, 2.75) is 20.4 Å². The molecule has 2 rings (SSSR count). The van der Waals surface area contributed by atoms with Crippen LogP contribution >= 0.6 is 0 Å². The highest BCUT2D eigenvalue weighted by atomic mass is 16.4. The standard InChI is InChI=1S/C14H15N3O2/c1-10-15-11(2)17(16-10)9-13-5-3-4-12(8-13)6-7-14(18)19/h3-8H,9H2,1-2H3,(H,18,19). The van der Waals surface area contributed by atoms with E-state index in [9.17, 15) is 4.79 Å². The van der Waals surface area contributed by atoms with E-state index in [0.717, 1.165) is 28.9 Å². The van der Waals surface area contributed by atoms with Gasteiger partial charge in [0.05, 0.1) is 6.54 Å². The van der Waals surface area contributed by atoms with Crippen molar-refractivity contribution >= 4 is 12.0 Å². The maximum absolute atomic E-state index is 10.5. The molecule has 0 aliphatic rings. The molecule has 19 heavy (non-hydrogen) atoms. The maximum Gasteiger partial charge on any atom is 0.328 e. The molecule has 0 unspecified atom stereocenters. The minimum absolute atomic E-state index is 0.626. The number of hydrogen-bond donors (Lipinski definition) is 1. The first-order chi connectivity index (χ1) is 9.04. The number of aliphatic carboxylic acids is 1. The van der Waals surface area contributed by atoms with Crippen LogP contribution in [0.3, 0.4) is 0 Å². The van der Waals surface area contributed by atoms with E-state index in [1.165, 1.54) is 0 Å². The molecular weight excluding hydrogens is 242 g/mol. The van der Waals surface area contributed by atoms with Gasteiger partial charge >= 0.3 is 5.97 Å². The summed E-state index contributed by atoms with van der Waals surface area (Å²) in [4.78, 5) is 14.7. The molecule has 1 aromatic heterocycles. The molecule has 0 bridgehead atoms. The van der Waals surface area contributed by atoms with Gasteiger partial charge < -0.3 is 5.11 Å². The van der Waals surface area contributed by atoms with Crippen molar-refractivity contribution in [2.24, 2.45) is 0 Å². The molecule has 2 aromatic rings. The SMILES string of the molecule is Cc1nc(C)n(Cc2cccc(C=CC(=O)O)c2)n1. The Hall–Kier alpha value is -2.43. The minimum Gasteiger partial charge on any atom is -0.478 e. The molecule has 0 fully saturated rings. The summed E-state index contributed by atoms with van der Waals surface area (Å²) < 4.78 is 1.83. The molecule has 0 saturated carbocycles. The molecule has 0 amide bonds. The summed E-state index contributed by atoms with van der Waals surface area (Å²) in [5.74, 6) is 0.663. The number of carbonyl (C=O) groups is 1. The molecule has 5 heteroatoms. The topological polar surface area (TPSA) is 68.0 Å². The summed E-state index contributed by atoms with van der Waals surface area (Å²) in [7, 11) is 0. The number of carboxylic acids is 1. The Bertz CT molecular complexity index is 629. The number of aromatic nitrogens is 3. The maximum atomic E-state index is 10.5. The van der Waals surface area contributed by atoms with Crippen molar-refractivity contribution in [3.63, 3.8) is 0 Å². The lowest BCUT2D eigenvalue weighted by Gasteiger charge is -2.04. The van der Waals surface area contributed by atoms with Crippen molar-refractivity contribution in [3.05, 3.63) is 53.1 Å². The van der Waals surface area contributed by atoms with Gasteiger partial charge in [-0.3, -0.25) is 0 Å². The lowest BCUT2D eigenvalue weighted by Crippen LogP contribution is -2.04. The van der Waals surface area contributed by atoms with Gasteiger partial charge in [-0.2, -0.15) is 5.10 Å². The third kappa shape index (κ3) is 3.51. The summed E-state index contributed by atoms with van der Waals surface area (Å²) in [6, 6.07) is 7.68. The van der Waals surface area contributed by atoms with Crippen LogP contribution < -0.4 is 0 Å². The molecule has 1 N–H and O–H groups in total. The van der Waals surface area contributed by atoms with Crippen LogP contribution in [0.15, 0.2) is 30.3 Å². The molecule has 0 aliphatic carbocycles. The second-order valence-corrected chi connectivity index (χ2v) is 4.28. The van der Waals surface area contributed by atoms with Crippen LogP contribution in [-0.2, 0) is 11.3 Å².